The van der Waals surface area contributed by atoms with Gasteiger partial charge < -0.3 is 10.6 Å². The number of anilines is 1. The highest BCUT2D eigenvalue weighted by Gasteiger charge is 2.21. The van der Waals surface area contributed by atoms with Crippen LogP contribution in [0.3, 0.4) is 0 Å². The fraction of sp³-hybridized carbons (Fsp3) is 0.462. The minimum absolute atomic E-state index is 0.0110. The number of nitrogens with two attached hydrogens (primary N) is 1. The topological polar surface area (TPSA) is 29.3 Å². The van der Waals surface area contributed by atoms with Crippen molar-refractivity contribution in [3.8, 4) is 0 Å². The van der Waals surface area contributed by atoms with Crippen molar-refractivity contribution < 1.29 is 8.78 Å². The van der Waals surface area contributed by atoms with E-state index in [0.29, 0.717) is 0 Å². The molecule has 0 aromatic heterocycles. The van der Waals surface area contributed by atoms with Crippen LogP contribution in [0.5, 0.6) is 0 Å². The van der Waals surface area contributed by atoms with Gasteiger partial charge in [0.2, 0.25) is 0 Å². The van der Waals surface area contributed by atoms with Crippen molar-refractivity contribution in [3.05, 3.63) is 29.3 Å². The third kappa shape index (κ3) is 3.79. The first-order valence-electron chi connectivity index (χ1n) is 5.93. The fourth-order valence-corrected chi connectivity index (χ4v) is 2.89. The number of rotatable bonds is 6. The average Bonchev–Trinajstić information content (AvgIpc) is 2.34. The molecule has 0 fully saturated rings. The summed E-state index contributed by atoms with van der Waals surface area (Å²) in [5, 5.41) is 0. The van der Waals surface area contributed by atoms with E-state index in [-0.39, 0.29) is 22.3 Å². The van der Waals surface area contributed by atoms with Crippen LogP contribution in [0.1, 0.15) is 18.9 Å². The van der Waals surface area contributed by atoms with Gasteiger partial charge in [-0.05, 0) is 24.8 Å². The summed E-state index contributed by atoms with van der Waals surface area (Å²) in [4.78, 5) is 1.63. The second-order valence-corrected chi connectivity index (χ2v) is 5.63. The number of thiocarbonyl (C=S) groups is 1. The van der Waals surface area contributed by atoms with Crippen LogP contribution in [0.25, 0.3) is 0 Å². The molecule has 0 aliphatic carbocycles. The average molecular weight is 304 g/mol. The van der Waals surface area contributed by atoms with Crippen LogP contribution in [0.2, 0.25) is 0 Å². The normalized spacial score (nSPS) is 12.3. The summed E-state index contributed by atoms with van der Waals surface area (Å²) in [6.07, 6.45) is 2.78. The Morgan fingerprint density at radius 3 is 2.32 bits per heavy atom. The second kappa shape index (κ2) is 7.05. The van der Waals surface area contributed by atoms with Crippen molar-refractivity contribution in [2.24, 2.45) is 5.73 Å². The lowest BCUT2D eigenvalue weighted by molar-refractivity contribution is 0.558. The Balaban J connectivity index is 3.16. The first kappa shape index (κ1) is 16.2. The zero-order valence-corrected chi connectivity index (χ0v) is 12.9. The zero-order chi connectivity index (χ0) is 14.6. The van der Waals surface area contributed by atoms with Crippen LogP contribution in [0, 0.1) is 11.6 Å². The van der Waals surface area contributed by atoms with Crippen LogP contribution in [0.15, 0.2) is 12.1 Å². The Morgan fingerprint density at radius 1 is 1.42 bits per heavy atom. The van der Waals surface area contributed by atoms with Crippen LogP contribution < -0.4 is 10.6 Å². The van der Waals surface area contributed by atoms with Crippen molar-refractivity contribution in [2.75, 3.05) is 24.0 Å². The van der Waals surface area contributed by atoms with Crippen LogP contribution in [0.4, 0.5) is 14.5 Å². The molecule has 2 N–H and O–H groups in total. The minimum atomic E-state index is -0.634. The van der Waals surface area contributed by atoms with E-state index in [9.17, 15) is 8.78 Å². The molecular weight excluding hydrogens is 286 g/mol. The lowest BCUT2D eigenvalue weighted by Gasteiger charge is -2.29. The standard InChI is InChI=1S/C13H18F2N2S2/c1-4-9(7-19-3)17(2)12-10(14)5-8(13(16)18)6-11(12)15/h5-6,9H,4,7H2,1-3H3,(H2,16,18). The highest BCUT2D eigenvalue weighted by atomic mass is 32.2. The predicted molar refractivity (Wildman–Crippen MR) is 83.1 cm³/mol. The van der Waals surface area contributed by atoms with Crippen molar-refractivity contribution in [1.29, 1.82) is 0 Å². The molecule has 1 aromatic carbocycles. The molecule has 6 heteroatoms. The second-order valence-electron chi connectivity index (χ2n) is 4.28. The number of hydrogen-bond acceptors (Lipinski definition) is 3. The SMILES string of the molecule is CCC(CSC)N(C)c1c(F)cc(C(N)=S)cc1F. The maximum atomic E-state index is 14.1. The molecule has 0 radical (unpaired) electrons. The molecule has 0 amide bonds. The Kier molecular flexibility index (Phi) is 6.00. The van der Waals surface area contributed by atoms with Gasteiger partial charge in [0.25, 0.3) is 0 Å². The number of benzene rings is 1. The van der Waals surface area contributed by atoms with E-state index < -0.39 is 11.6 Å². The summed E-state index contributed by atoms with van der Waals surface area (Å²) in [5.74, 6) is -0.460. The van der Waals surface area contributed by atoms with Crippen LogP contribution in [-0.4, -0.2) is 30.1 Å². The zero-order valence-electron chi connectivity index (χ0n) is 11.2. The lowest BCUT2D eigenvalue weighted by Crippen LogP contribution is -2.34. The number of hydrogen-bond donors (Lipinski definition) is 1. The van der Waals surface area contributed by atoms with Crippen LogP contribution >= 0.6 is 24.0 Å². The van der Waals surface area contributed by atoms with E-state index in [1.54, 1.807) is 23.7 Å². The maximum absolute atomic E-state index is 14.1. The Bertz CT molecular complexity index is 443. The molecule has 1 unspecified atom stereocenters. The summed E-state index contributed by atoms with van der Waals surface area (Å²) in [6.45, 7) is 2.00. The van der Waals surface area contributed by atoms with Crippen molar-refractivity contribution in [2.45, 2.75) is 19.4 Å². The minimum Gasteiger partial charge on any atom is -0.389 e. The third-order valence-corrected chi connectivity index (χ3v) is 3.99. The van der Waals surface area contributed by atoms with Gasteiger partial charge in [0, 0.05) is 24.4 Å². The molecule has 0 bridgehead atoms. The summed E-state index contributed by atoms with van der Waals surface area (Å²) in [5.41, 5.74) is 5.57. The van der Waals surface area contributed by atoms with Crippen LogP contribution in [-0.2, 0) is 0 Å². The van der Waals surface area contributed by atoms with E-state index in [4.69, 9.17) is 18.0 Å². The fourth-order valence-electron chi connectivity index (χ4n) is 1.92. The molecule has 106 valence electrons. The largest absolute Gasteiger partial charge is 0.389 e. The molecule has 1 atom stereocenters. The molecule has 1 rings (SSSR count). The monoisotopic (exact) mass is 304 g/mol. The molecule has 1 aromatic rings. The highest BCUT2D eigenvalue weighted by Crippen LogP contribution is 2.27. The predicted octanol–water partition coefficient (Wildman–Crippen LogP) is 3.18. The molecule has 2 nitrogen and oxygen atoms in total. The van der Waals surface area contributed by atoms with Gasteiger partial charge in [-0.2, -0.15) is 11.8 Å². The number of halogens is 2. The smallest absolute Gasteiger partial charge is 0.150 e. The van der Waals surface area contributed by atoms with Gasteiger partial charge in [0.05, 0.1) is 0 Å². The van der Waals surface area contributed by atoms with Gasteiger partial charge >= 0.3 is 0 Å². The highest BCUT2D eigenvalue weighted by molar-refractivity contribution is 7.98. The van der Waals surface area contributed by atoms with Crippen molar-refractivity contribution >= 4 is 34.7 Å². The van der Waals surface area contributed by atoms with Crippen molar-refractivity contribution in [3.63, 3.8) is 0 Å². The summed E-state index contributed by atoms with van der Waals surface area (Å²) in [6, 6.07) is 2.45. The van der Waals surface area contributed by atoms with Gasteiger partial charge in [-0.1, -0.05) is 19.1 Å². The van der Waals surface area contributed by atoms with E-state index >= 15 is 0 Å². The van der Waals surface area contributed by atoms with E-state index in [0.717, 1.165) is 12.2 Å². The van der Waals surface area contributed by atoms with Gasteiger partial charge in [-0.25, -0.2) is 8.78 Å². The van der Waals surface area contributed by atoms with Gasteiger partial charge in [-0.3, -0.25) is 0 Å². The quantitative estimate of drug-likeness (QED) is 0.817. The Morgan fingerprint density at radius 2 is 1.95 bits per heavy atom. The van der Waals surface area contributed by atoms with Gasteiger partial charge in [0.15, 0.2) is 0 Å². The first-order valence-corrected chi connectivity index (χ1v) is 7.73. The number of nitrogens with zero attached hydrogens (tertiary/aromatic N) is 1. The Labute approximate surface area is 122 Å². The molecule has 0 aliphatic rings. The molecule has 19 heavy (non-hydrogen) atoms. The van der Waals surface area contributed by atoms with Gasteiger partial charge in [-0.15, -0.1) is 0 Å². The molecule has 0 spiro atoms. The molecule has 0 saturated heterocycles. The van der Waals surface area contributed by atoms with Crippen molar-refractivity contribution in [1.82, 2.24) is 0 Å². The third-order valence-electron chi connectivity index (χ3n) is 3.03. The Hall–Kier alpha value is -0.880. The number of thioether (sulfide) groups is 1. The molecule has 0 aliphatic heterocycles. The lowest BCUT2D eigenvalue weighted by atomic mass is 10.1. The maximum Gasteiger partial charge on any atom is 0.150 e. The van der Waals surface area contributed by atoms with Gasteiger partial charge in [0.1, 0.15) is 22.3 Å². The van der Waals surface area contributed by atoms with E-state index in [2.05, 4.69) is 0 Å². The van der Waals surface area contributed by atoms with E-state index in [1.807, 2.05) is 13.2 Å². The molecule has 0 saturated carbocycles. The van der Waals surface area contributed by atoms with E-state index in [1.165, 1.54) is 12.1 Å². The summed E-state index contributed by atoms with van der Waals surface area (Å²) < 4.78 is 28.1. The molecular formula is C13H18F2N2S2. The summed E-state index contributed by atoms with van der Waals surface area (Å²) in [7, 11) is 1.70. The summed E-state index contributed by atoms with van der Waals surface area (Å²) >= 11 is 6.38. The first-order chi connectivity index (χ1) is 8.92. The molecule has 0 heterocycles.